The quantitative estimate of drug-likeness (QED) is 0.688. The Morgan fingerprint density at radius 3 is 2.79 bits per heavy atom. The lowest BCUT2D eigenvalue weighted by Crippen LogP contribution is -2.51. The Balaban J connectivity index is 2.57. The number of amides is 2. The number of alkyl halides is 2. The van der Waals surface area contributed by atoms with E-state index in [-0.39, 0.29) is 38.1 Å². The standard InChI is InChI=1S/C12H18F2N2O3/c1-3-10(17)15(4-2)8-11(18)16-5-6-19-9(7-16)12(13)14/h3,9,12H,1,4-8H2,2H3. The van der Waals surface area contributed by atoms with Crippen LogP contribution in [0.1, 0.15) is 6.92 Å². The van der Waals surface area contributed by atoms with Crippen molar-refractivity contribution in [2.24, 2.45) is 0 Å². The Morgan fingerprint density at radius 1 is 1.58 bits per heavy atom. The molecule has 0 aliphatic carbocycles. The van der Waals surface area contributed by atoms with Crippen molar-refractivity contribution in [3.05, 3.63) is 12.7 Å². The highest BCUT2D eigenvalue weighted by atomic mass is 19.3. The van der Waals surface area contributed by atoms with Crippen LogP contribution in [0.25, 0.3) is 0 Å². The van der Waals surface area contributed by atoms with E-state index in [1.165, 1.54) is 9.80 Å². The number of carbonyl (C=O) groups excluding carboxylic acids is 2. The van der Waals surface area contributed by atoms with Gasteiger partial charge in [0.2, 0.25) is 11.8 Å². The number of hydrogen-bond donors (Lipinski definition) is 0. The summed E-state index contributed by atoms with van der Waals surface area (Å²) < 4.78 is 29.9. The lowest BCUT2D eigenvalue weighted by atomic mass is 10.2. The molecule has 1 aliphatic heterocycles. The van der Waals surface area contributed by atoms with E-state index in [1.54, 1.807) is 6.92 Å². The van der Waals surface area contributed by atoms with Gasteiger partial charge in [-0.3, -0.25) is 9.59 Å². The average molecular weight is 276 g/mol. The molecule has 0 aromatic carbocycles. The molecule has 0 spiro atoms. The molecule has 2 amide bonds. The van der Waals surface area contributed by atoms with Crippen LogP contribution in [0.5, 0.6) is 0 Å². The molecule has 1 atom stereocenters. The third-order valence-corrected chi connectivity index (χ3v) is 2.92. The van der Waals surface area contributed by atoms with E-state index in [2.05, 4.69) is 6.58 Å². The van der Waals surface area contributed by atoms with Gasteiger partial charge < -0.3 is 14.5 Å². The number of nitrogens with zero attached hydrogens (tertiary/aromatic N) is 2. The van der Waals surface area contributed by atoms with Crippen molar-refractivity contribution in [2.45, 2.75) is 19.5 Å². The molecule has 1 saturated heterocycles. The normalized spacial score (nSPS) is 19.4. The zero-order valence-corrected chi connectivity index (χ0v) is 10.8. The van der Waals surface area contributed by atoms with E-state index in [0.29, 0.717) is 6.54 Å². The predicted molar refractivity (Wildman–Crippen MR) is 64.8 cm³/mol. The van der Waals surface area contributed by atoms with Crippen LogP contribution in [-0.2, 0) is 14.3 Å². The zero-order chi connectivity index (χ0) is 14.4. The Hall–Kier alpha value is -1.50. The highest BCUT2D eigenvalue weighted by Gasteiger charge is 2.30. The summed E-state index contributed by atoms with van der Waals surface area (Å²) >= 11 is 0. The molecular weight excluding hydrogens is 258 g/mol. The highest BCUT2D eigenvalue weighted by molar-refractivity contribution is 5.90. The van der Waals surface area contributed by atoms with Crippen LogP contribution in [0.4, 0.5) is 8.78 Å². The van der Waals surface area contributed by atoms with Gasteiger partial charge in [-0.25, -0.2) is 8.78 Å². The van der Waals surface area contributed by atoms with Gasteiger partial charge in [0.25, 0.3) is 6.43 Å². The average Bonchev–Trinajstić information content (AvgIpc) is 2.43. The number of hydrogen-bond acceptors (Lipinski definition) is 3. The Morgan fingerprint density at radius 2 is 2.26 bits per heavy atom. The molecule has 1 rings (SSSR count). The first-order chi connectivity index (χ1) is 8.99. The van der Waals surface area contributed by atoms with Crippen LogP contribution in [0.3, 0.4) is 0 Å². The molecule has 19 heavy (non-hydrogen) atoms. The molecule has 0 N–H and O–H groups in total. The van der Waals surface area contributed by atoms with Crippen molar-refractivity contribution in [3.63, 3.8) is 0 Å². The van der Waals surface area contributed by atoms with Gasteiger partial charge in [0.05, 0.1) is 19.7 Å². The molecule has 1 unspecified atom stereocenters. The van der Waals surface area contributed by atoms with Crippen LogP contribution in [0.2, 0.25) is 0 Å². The zero-order valence-electron chi connectivity index (χ0n) is 10.8. The van der Waals surface area contributed by atoms with E-state index in [9.17, 15) is 18.4 Å². The maximum atomic E-state index is 12.5. The number of ether oxygens (including phenoxy) is 1. The third kappa shape index (κ3) is 4.27. The Labute approximate surface area is 110 Å². The summed E-state index contributed by atoms with van der Waals surface area (Å²) in [4.78, 5) is 26.0. The van der Waals surface area contributed by atoms with Gasteiger partial charge in [0, 0.05) is 13.1 Å². The summed E-state index contributed by atoms with van der Waals surface area (Å²) in [6.45, 7) is 5.52. The van der Waals surface area contributed by atoms with E-state index < -0.39 is 12.5 Å². The first kappa shape index (κ1) is 15.6. The molecule has 0 saturated carbocycles. The fraction of sp³-hybridized carbons (Fsp3) is 0.667. The van der Waals surface area contributed by atoms with Crippen molar-refractivity contribution in [2.75, 3.05) is 32.8 Å². The van der Waals surface area contributed by atoms with Crippen molar-refractivity contribution in [1.82, 2.24) is 9.80 Å². The van der Waals surface area contributed by atoms with Crippen molar-refractivity contribution >= 4 is 11.8 Å². The Bertz CT molecular complexity index is 350. The number of halogens is 2. The van der Waals surface area contributed by atoms with Crippen molar-refractivity contribution in [3.8, 4) is 0 Å². The molecule has 108 valence electrons. The van der Waals surface area contributed by atoms with E-state index in [1.807, 2.05) is 0 Å². The molecule has 5 nitrogen and oxygen atoms in total. The largest absolute Gasteiger partial charge is 0.369 e. The minimum absolute atomic E-state index is 0.0856. The van der Waals surface area contributed by atoms with Gasteiger partial charge in [-0.15, -0.1) is 0 Å². The van der Waals surface area contributed by atoms with Crippen LogP contribution >= 0.6 is 0 Å². The number of rotatable bonds is 5. The van der Waals surface area contributed by atoms with E-state index in [0.717, 1.165) is 6.08 Å². The summed E-state index contributed by atoms with van der Waals surface area (Å²) in [6.07, 6.45) is -2.74. The summed E-state index contributed by atoms with van der Waals surface area (Å²) in [7, 11) is 0. The maximum Gasteiger partial charge on any atom is 0.266 e. The number of morpholine rings is 1. The number of likely N-dealkylation sites (N-methyl/N-ethyl adjacent to an activating group) is 1. The van der Waals surface area contributed by atoms with Crippen LogP contribution in [0, 0.1) is 0 Å². The van der Waals surface area contributed by atoms with Gasteiger partial charge in [0.1, 0.15) is 6.10 Å². The maximum absolute atomic E-state index is 12.5. The summed E-state index contributed by atoms with van der Waals surface area (Å²) in [5.41, 5.74) is 0. The van der Waals surface area contributed by atoms with Gasteiger partial charge in [-0.1, -0.05) is 6.58 Å². The molecule has 0 aromatic heterocycles. The Kier molecular flexibility index (Phi) is 5.88. The first-order valence-corrected chi connectivity index (χ1v) is 6.08. The summed E-state index contributed by atoms with van der Waals surface area (Å²) in [6, 6.07) is 0. The highest BCUT2D eigenvalue weighted by Crippen LogP contribution is 2.13. The smallest absolute Gasteiger partial charge is 0.266 e. The van der Waals surface area contributed by atoms with Gasteiger partial charge in [-0.2, -0.15) is 0 Å². The fourth-order valence-electron chi connectivity index (χ4n) is 1.79. The van der Waals surface area contributed by atoms with E-state index >= 15 is 0 Å². The van der Waals surface area contributed by atoms with Crippen molar-refractivity contribution in [1.29, 1.82) is 0 Å². The van der Waals surface area contributed by atoms with Gasteiger partial charge >= 0.3 is 0 Å². The summed E-state index contributed by atoms with van der Waals surface area (Å²) in [5.74, 6) is -0.708. The fourth-order valence-corrected chi connectivity index (χ4v) is 1.79. The molecule has 7 heteroatoms. The molecule has 1 aliphatic rings. The lowest BCUT2D eigenvalue weighted by molar-refractivity contribution is -0.149. The molecule has 0 aromatic rings. The second kappa shape index (κ2) is 7.18. The second-order valence-corrected chi connectivity index (χ2v) is 4.14. The van der Waals surface area contributed by atoms with Crippen LogP contribution < -0.4 is 0 Å². The third-order valence-electron chi connectivity index (χ3n) is 2.92. The number of carbonyl (C=O) groups is 2. The molecule has 1 heterocycles. The van der Waals surface area contributed by atoms with Gasteiger partial charge in [0.15, 0.2) is 0 Å². The minimum Gasteiger partial charge on any atom is -0.369 e. The topological polar surface area (TPSA) is 49.9 Å². The molecule has 0 bridgehead atoms. The van der Waals surface area contributed by atoms with Crippen LogP contribution in [0.15, 0.2) is 12.7 Å². The SMILES string of the molecule is C=CC(=O)N(CC)CC(=O)N1CCOC(C(F)F)C1. The van der Waals surface area contributed by atoms with Crippen LogP contribution in [-0.4, -0.2) is 66.9 Å². The van der Waals surface area contributed by atoms with Crippen molar-refractivity contribution < 1.29 is 23.1 Å². The monoisotopic (exact) mass is 276 g/mol. The lowest BCUT2D eigenvalue weighted by Gasteiger charge is -2.33. The van der Waals surface area contributed by atoms with Gasteiger partial charge in [-0.05, 0) is 13.0 Å². The summed E-state index contributed by atoms with van der Waals surface area (Å²) in [5, 5.41) is 0. The van der Waals surface area contributed by atoms with E-state index in [4.69, 9.17) is 4.74 Å². The first-order valence-electron chi connectivity index (χ1n) is 6.08. The molecule has 0 radical (unpaired) electrons. The molecule has 1 fully saturated rings. The minimum atomic E-state index is -2.62. The molecular formula is C12H18F2N2O3. The second-order valence-electron chi connectivity index (χ2n) is 4.14. The predicted octanol–water partition coefficient (Wildman–Crippen LogP) is 0.513.